The van der Waals surface area contributed by atoms with E-state index in [1.807, 2.05) is 13.8 Å². The molecule has 1 aliphatic rings. The van der Waals surface area contributed by atoms with Crippen LogP contribution in [0, 0.1) is 19.8 Å². The largest absolute Gasteiger partial charge is 0.474 e. The molecule has 5 heteroatoms. The molecule has 0 aliphatic heterocycles. The molecule has 0 saturated heterocycles. The Morgan fingerprint density at radius 1 is 1.17 bits per heavy atom. The Hall–Kier alpha value is -1.26. The third-order valence-corrected chi connectivity index (χ3v) is 3.31. The second kappa shape index (κ2) is 5.59. The van der Waals surface area contributed by atoms with E-state index < -0.39 is 12.3 Å². The van der Waals surface area contributed by atoms with Crippen molar-refractivity contribution in [1.29, 1.82) is 0 Å². The third-order valence-electron chi connectivity index (χ3n) is 3.31. The highest BCUT2D eigenvalue weighted by Crippen LogP contribution is 2.30. The van der Waals surface area contributed by atoms with Gasteiger partial charge in [-0.15, -0.1) is 0 Å². The second-order valence-corrected chi connectivity index (χ2v) is 4.88. The molecule has 1 aliphatic carbocycles. The van der Waals surface area contributed by atoms with Crippen molar-refractivity contribution in [2.45, 2.75) is 52.1 Å². The van der Waals surface area contributed by atoms with Crippen LogP contribution in [0.1, 0.15) is 37.2 Å². The molecule has 0 unspecified atom stereocenters. The molecule has 0 radical (unpaired) electrons. The molecule has 1 saturated carbocycles. The second-order valence-electron chi connectivity index (χ2n) is 4.88. The highest BCUT2D eigenvalue weighted by atomic mass is 19.3. The summed E-state index contributed by atoms with van der Waals surface area (Å²) in [6, 6.07) is 1.78. The quantitative estimate of drug-likeness (QED) is 0.832. The average Bonchev–Trinajstić information content (AvgIpc) is 2.28. The monoisotopic (exact) mass is 256 g/mol. The molecule has 18 heavy (non-hydrogen) atoms. The molecule has 0 N–H and O–H groups in total. The number of alkyl halides is 2. The first-order valence-electron chi connectivity index (χ1n) is 6.31. The number of halogens is 2. The van der Waals surface area contributed by atoms with Crippen molar-refractivity contribution >= 4 is 0 Å². The van der Waals surface area contributed by atoms with Crippen molar-refractivity contribution < 1.29 is 13.5 Å². The minimum Gasteiger partial charge on any atom is -0.474 e. The van der Waals surface area contributed by atoms with Gasteiger partial charge in [0.25, 0.3) is 0 Å². The van der Waals surface area contributed by atoms with Gasteiger partial charge in [0.15, 0.2) is 0 Å². The first-order valence-corrected chi connectivity index (χ1v) is 6.31. The van der Waals surface area contributed by atoms with Crippen LogP contribution in [0.25, 0.3) is 0 Å². The van der Waals surface area contributed by atoms with Crippen molar-refractivity contribution in [2.24, 2.45) is 5.92 Å². The molecule has 0 spiro atoms. The lowest BCUT2D eigenvalue weighted by molar-refractivity contribution is 0.0282. The van der Waals surface area contributed by atoms with Crippen LogP contribution in [0.3, 0.4) is 0 Å². The Labute approximate surface area is 106 Å². The van der Waals surface area contributed by atoms with Crippen molar-refractivity contribution in [3.05, 3.63) is 17.6 Å². The molecule has 0 amide bonds. The maximum atomic E-state index is 12.5. The van der Waals surface area contributed by atoms with E-state index in [4.69, 9.17) is 4.74 Å². The minimum absolute atomic E-state index is 0.00806. The molecule has 1 aromatic heterocycles. The zero-order chi connectivity index (χ0) is 13.1. The van der Waals surface area contributed by atoms with Gasteiger partial charge >= 0.3 is 0 Å². The minimum atomic E-state index is -2.20. The Bertz CT molecular complexity index is 384. The average molecular weight is 256 g/mol. The van der Waals surface area contributed by atoms with Crippen molar-refractivity contribution in [2.75, 3.05) is 0 Å². The number of nitrogens with zero attached hydrogens (tertiary/aromatic N) is 2. The van der Waals surface area contributed by atoms with Gasteiger partial charge in [-0.1, -0.05) is 0 Å². The van der Waals surface area contributed by atoms with E-state index >= 15 is 0 Å². The normalized spacial score (nSPS) is 24.3. The van der Waals surface area contributed by atoms with Gasteiger partial charge in [-0.2, -0.15) is 4.98 Å². The third kappa shape index (κ3) is 3.37. The fraction of sp³-hybridized carbons (Fsp3) is 0.692. The summed E-state index contributed by atoms with van der Waals surface area (Å²) in [5.74, 6) is 0.769. The molecular weight excluding hydrogens is 238 g/mol. The van der Waals surface area contributed by atoms with Crippen molar-refractivity contribution in [3.63, 3.8) is 0 Å². The standard InChI is InChI=1S/C13H18F2N2O/c1-8-7-12(17-9(2)16-8)18-11-5-3-10(4-6-11)13(14)15/h7,10-11,13H,3-6H2,1-2H3. The predicted molar refractivity (Wildman–Crippen MR) is 63.9 cm³/mol. The topological polar surface area (TPSA) is 35.0 Å². The summed E-state index contributed by atoms with van der Waals surface area (Å²) in [4.78, 5) is 8.37. The highest BCUT2D eigenvalue weighted by Gasteiger charge is 2.28. The van der Waals surface area contributed by atoms with Gasteiger partial charge in [0.05, 0.1) is 0 Å². The summed E-state index contributed by atoms with van der Waals surface area (Å²) in [5, 5.41) is 0. The SMILES string of the molecule is Cc1cc(OC2CCC(C(F)F)CC2)nc(C)n1. The molecule has 0 atom stereocenters. The fourth-order valence-electron chi connectivity index (χ4n) is 2.37. The van der Waals surface area contributed by atoms with E-state index in [1.54, 1.807) is 6.07 Å². The van der Waals surface area contributed by atoms with E-state index in [1.165, 1.54) is 0 Å². The summed E-state index contributed by atoms with van der Waals surface area (Å²) in [6.45, 7) is 3.70. The van der Waals surface area contributed by atoms with Crippen LogP contribution in [0.5, 0.6) is 5.88 Å². The van der Waals surface area contributed by atoms with E-state index in [-0.39, 0.29) is 6.10 Å². The molecule has 100 valence electrons. The Morgan fingerprint density at radius 2 is 1.83 bits per heavy atom. The van der Waals surface area contributed by atoms with Crippen LogP contribution in [0.4, 0.5) is 8.78 Å². The van der Waals surface area contributed by atoms with Gasteiger partial charge in [-0.05, 0) is 39.5 Å². The van der Waals surface area contributed by atoms with Gasteiger partial charge in [-0.3, -0.25) is 0 Å². The predicted octanol–water partition coefficient (Wildman–Crippen LogP) is 3.30. The van der Waals surface area contributed by atoms with Crippen LogP contribution in [0.15, 0.2) is 6.07 Å². The molecule has 1 fully saturated rings. The summed E-state index contributed by atoms with van der Waals surface area (Å²) in [5.41, 5.74) is 0.860. The lowest BCUT2D eigenvalue weighted by Gasteiger charge is -2.28. The van der Waals surface area contributed by atoms with Gasteiger partial charge in [-0.25, -0.2) is 13.8 Å². The molecule has 0 bridgehead atoms. The van der Waals surface area contributed by atoms with Gasteiger partial charge in [0.2, 0.25) is 12.3 Å². The number of aromatic nitrogens is 2. The van der Waals surface area contributed by atoms with Crippen LogP contribution in [-0.4, -0.2) is 22.5 Å². The smallest absolute Gasteiger partial charge is 0.241 e. The zero-order valence-electron chi connectivity index (χ0n) is 10.7. The first kappa shape index (κ1) is 13.2. The molecule has 0 aromatic carbocycles. The molecule has 1 heterocycles. The maximum Gasteiger partial charge on any atom is 0.241 e. The highest BCUT2D eigenvalue weighted by molar-refractivity contribution is 5.15. The van der Waals surface area contributed by atoms with Gasteiger partial charge in [0.1, 0.15) is 11.9 Å². The van der Waals surface area contributed by atoms with E-state index in [2.05, 4.69) is 9.97 Å². The van der Waals surface area contributed by atoms with Crippen LogP contribution >= 0.6 is 0 Å². The summed E-state index contributed by atoms with van der Waals surface area (Å²) in [7, 11) is 0. The van der Waals surface area contributed by atoms with Crippen LogP contribution < -0.4 is 4.74 Å². The number of rotatable bonds is 3. The molecule has 1 aromatic rings. The van der Waals surface area contributed by atoms with Gasteiger partial charge in [0, 0.05) is 17.7 Å². The molecule has 2 rings (SSSR count). The molecule has 3 nitrogen and oxygen atoms in total. The van der Waals surface area contributed by atoms with E-state index in [0.717, 1.165) is 5.69 Å². The molecular formula is C13H18F2N2O. The summed E-state index contributed by atoms with van der Waals surface area (Å²) >= 11 is 0. The number of hydrogen-bond donors (Lipinski definition) is 0. The Morgan fingerprint density at radius 3 is 2.39 bits per heavy atom. The first-order chi connectivity index (χ1) is 8.54. The Kier molecular flexibility index (Phi) is 4.09. The zero-order valence-corrected chi connectivity index (χ0v) is 10.7. The van der Waals surface area contributed by atoms with Crippen molar-refractivity contribution in [3.8, 4) is 5.88 Å². The number of aryl methyl sites for hydroxylation is 2. The number of hydrogen-bond acceptors (Lipinski definition) is 3. The van der Waals surface area contributed by atoms with Gasteiger partial charge < -0.3 is 4.74 Å². The van der Waals surface area contributed by atoms with Crippen LogP contribution in [0.2, 0.25) is 0 Å². The fourth-order valence-corrected chi connectivity index (χ4v) is 2.37. The lowest BCUT2D eigenvalue weighted by Crippen LogP contribution is -2.27. The summed E-state index contributed by atoms with van der Waals surface area (Å²) < 4.78 is 30.8. The number of ether oxygens (including phenoxy) is 1. The maximum absolute atomic E-state index is 12.5. The van der Waals surface area contributed by atoms with E-state index in [9.17, 15) is 8.78 Å². The Balaban J connectivity index is 1.91. The lowest BCUT2D eigenvalue weighted by atomic mass is 9.88. The van der Waals surface area contributed by atoms with Crippen LogP contribution in [-0.2, 0) is 0 Å². The summed E-state index contributed by atoms with van der Waals surface area (Å²) in [6.07, 6.45) is 0.230. The van der Waals surface area contributed by atoms with Crippen molar-refractivity contribution in [1.82, 2.24) is 9.97 Å². The van der Waals surface area contributed by atoms with E-state index in [0.29, 0.717) is 37.4 Å².